The molecule has 1 aliphatic heterocycles. The number of rotatable bonds is 3. The van der Waals surface area contributed by atoms with Crippen molar-refractivity contribution >= 4 is 40.6 Å². The van der Waals surface area contributed by atoms with E-state index in [9.17, 15) is 4.79 Å². The van der Waals surface area contributed by atoms with Crippen molar-refractivity contribution < 1.29 is 4.79 Å². The number of amides is 1. The number of benzene rings is 2. The minimum absolute atomic E-state index is 0.125. The van der Waals surface area contributed by atoms with Crippen LogP contribution in [0.5, 0.6) is 0 Å². The van der Waals surface area contributed by atoms with Gasteiger partial charge in [0.2, 0.25) is 0 Å². The molecule has 0 unspecified atom stereocenters. The molecule has 4 rings (SSSR count). The summed E-state index contributed by atoms with van der Waals surface area (Å²) >= 11 is 12.4. The minimum atomic E-state index is -0.125. The maximum Gasteiger partial charge on any atom is 0.272 e. The van der Waals surface area contributed by atoms with E-state index in [0.717, 1.165) is 6.42 Å². The zero-order valence-electron chi connectivity index (χ0n) is 14.3. The first kappa shape index (κ1) is 17.8. The van der Waals surface area contributed by atoms with Crippen molar-refractivity contribution in [3.63, 3.8) is 0 Å². The van der Waals surface area contributed by atoms with Crippen LogP contribution >= 0.6 is 23.2 Å². The van der Waals surface area contributed by atoms with E-state index >= 15 is 0 Å². The summed E-state index contributed by atoms with van der Waals surface area (Å²) < 4.78 is 0. The largest absolute Gasteiger partial charge is 0.338 e. The SMILES string of the molecule is O=C(c1cc(Nc2c(Cl)cccc2Cl)ncn1)N1CCc2ccccc2C1. The summed E-state index contributed by atoms with van der Waals surface area (Å²) in [6.07, 6.45) is 2.20. The van der Waals surface area contributed by atoms with E-state index in [2.05, 4.69) is 27.4 Å². The first-order valence-electron chi connectivity index (χ1n) is 8.51. The normalized spacial score (nSPS) is 13.2. The van der Waals surface area contributed by atoms with Gasteiger partial charge in [-0.3, -0.25) is 4.79 Å². The molecule has 27 heavy (non-hydrogen) atoms. The molecule has 0 atom stereocenters. The first-order chi connectivity index (χ1) is 13.1. The second-order valence-corrected chi connectivity index (χ2v) is 7.07. The Morgan fingerprint density at radius 2 is 1.74 bits per heavy atom. The molecule has 0 bridgehead atoms. The topological polar surface area (TPSA) is 58.1 Å². The molecule has 2 aromatic carbocycles. The van der Waals surface area contributed by atoms with Crippen molar-refractivity contribution in [2.45, 2.75) is 13.0 Å². The summed E-state index contributed by atoms with van der Waals surface area (Å²) in [5.74, 6) is 0.334. The lowest BCUT2D eigenvalue weighted by atomic mass is 10.00. The summed E-state index contributed by atoms with van der Waals surface area (Å²) in [6, 6.07) is 15.0. The number of carbonyl (C=O) groups is 1. The summed E-state index contributed by atoms with van der Waals surface area (Å²) in [6.45, 7) is 1.25. The lowest BCUT2D eigenvalue weighted by Crippen LogP contribution is -2.36. The fourth-order valence-corrected chi connectivity index (χ4v) is 3.61. The summed E-state index contributed by atoms with van der Waals surface area (Å²) in [4.78, 5) is 23.0. The first-order valence-corrected chi connectivity index (χ1v) is 9.26. The molecule has 0 saturated heterocycles. The maximum atomic E-state index is 12.9. The van der Waals surface area contributed by atoms with Crippen LogP contribution in [-0.2, 0) is 13.0 Å². The number of nitrogens with one attached hydrogen (secondary N) is 1. The molecular weight excluding hydrogens is 383 g/mol. The van der Waals surface area contributed by atoms with Crippen LogP contribution in [0.1, 0.15) is 21.6 Å². The van der Waals surface area contributed by atoms with Crippen molar-refractivity contribution in [1.29, 1.82) is 0 Å². The molecule has 0 saturated carbocycles. The van der Waals surface area contributed by atoms with Gasteiger partial charge >= 0.3 is 0 Å². The Labute approximate surface area is 167 Å². The average molecular weight is 399 g/mol. The van der Waals surface area contributed by atoms with Crippen molar-refractivity contribution in [3.8, 4) is 0 Å². The Bertz CT molecular complexity index is 989. The molecule has 0 aliphatic carbocycles. The second-order valence-electron chi connectivity index (χ2n) is 6.26. The number of hydrogen-bond donors (Lipinski definition) is 1. The summed E-state index contributed by atoms with van der Waals surface area (Å²) in [5, 5.41) is 4.02. The third-order valence-electron chi connectivity index (χ3n) is 4.52. The standard InChI is InChI=1S/C20H16Cl2N4O/c21-15-6-3-7-16(22)19(15)25-18-10-17(23-12-24-18)20(27)26-9-8-13-4-1-2-5-14(13)11-26/h1-7,10,12H,8-9,11H2,(H,23,24,25). The monoisotopic (exact) mass is 398 g/mol. The number of halogens is 2. The molecule has 5 nitrogen and oxygen atoms in total. The van der Waals surface area contributed by atoms with Gasteiger partial charge in [-0.1, -0.05) is 53.5 Å². The molecule has 0 radical (unpaired) electrons. The number of fused-ring (bicyclic) bond motifs is 1. The van der Waals surface area contributed by atoms with Gasteiger partial charge in [-0.25, -0.2) is 9.97 Å². The summed E-state index contributed by atoms with van der Waals surface area (Å²) in [5.41, 5.74) is 3.34. The van der Waals surface area contributed by atoms with Crippen LogP contribution in [0.3, 0.4) is 0 Å². The molecule has 1 aliphatic rings. The van der Waals surface area contributed by atoms with Gasteiger partial charge in [-0.2, -0.15) is 0 Å². The van der Waals surface area contributed by atoms with E-state index in [-0.39, 0.29) is 5.91 Å². The van der Waals surface area contributed by atoms with Crippen molar-refractivity contribution in [1.82, 2.24) is 14.9 Å². The zero-order chi connectivity index (χ0) is 18.8. The highest BCUT2D eigenvalue weighted by Gasteiger charge is 2.23. The number of aromatic nitrogens is 2. The van der Waals surface area contributed by atoms with E-state index in [4.69, 9.17) is 23.2 Å². The average Bonchev–Trinajstić information content (AvgIpc) is 2.70. The number of nitrogens with zero attached hydrogens (tertiary/aromatic N) is 3. The van der Waals surface area contributed by atoms with E-state index in [1.54, 1.807) is 29.2 Å². The van der Waals surface area contributed by atoms with Crippen molar-refractivity contribution in [3.05, 3.63) is 81.7 Å². The quantitative estimate of drug-likeness (QED) is 0.692. The fraction of sp³-hybridized carbons (Fsp3) is 0.150. The maximum absolute atomic E-state index is 12.9. The predicted octanol–water partition coefficient (Wildman–Crippen LogP) is 4.73. The van der Waals surface area contributed by atoms with Crippen molar-refractivity contribution in [2.75, 3.05) is 11.9 Å². The lowest BCUT2D eigenvalue weighted by molar-refractivity contribution is 0.0728. The molecule has 136 valence electrons. The van der Waals surface area contributed by atoms with Gasteiger partial charge < -0.3 is 10.2 Å². The molecule has 1 N–H and O–H groups in total. The van der Waals surface area contributed by atoms with Gasteiger partial charge in [0.25, 0.3) is 5.91 Å². The fourth-order valence-electron chi connectivity index (χ4n) is 3.12. The number of hydrogen-bond acceptors (Lipinski definition) is 4. The highest BCUT2D eigenvalue weighted by molar-refractivity contribution is 6.39. The Balaban J connectivity index is 1.55. The van der Waals surface area contributed by atoms with E-state index in [1.807, 2.05) is 12.1 Å². The van der Waals surface area contributed by atoms with Crippen LogP contribution in [0.25, 0.3) is 0 Å². The molecule has 0 fully saturated rings. The lowest BCUT2D eigenvalue weighted by Gasteiger charge is -2.28. The molecule has 0 spiro atoms. The third-order valence-corrected chi connectivity index (χ3v) is 5.15. The van der Waals surface area contributed by atoms with Crippen molar-refractivity contribution in [2.24, 2.45) is 0 Å². The third kappa shape index (κ3) is 3.75. The van der Waals surface area contributed by atoms with Crippen LogP contribution in [0.2, 0.25) is 10.0 Å². The van der Waals surface area contributed by atoms with Crippen LogP contribution in [0.15, 0.2) is 54.9 Å². The molecule has 3 aromatic rings. The number of para-hydroxylation sites is 1. The highest BCUT2D eigenvalue weighted by atomic mass is 35.5. The van der Waals surface area contributed by atoms with Gasteiger partial charge in [0.1, 0.15) is 17.8 Å². The Kier molecular flexibility index (Phi) is 4.97. The Morgan fingerprint density at radius 1 is 1.00 bits per heavy atom. The predicted molar refractivity (Wildman–Crippen MR) is 107 cm³/mol. The van der Waals surface area contributed by atoms with E-state index in [1.165, 1.54) is 17.5 Å². The number of anilines is 2. The Hall–Kier alpha value is -2.63. The smallest absolute Gasteiger partial charge is 0.272 e. The van der Waals surface area contributed by atoms with Crippen LogP contribution in [0, 0.1) is 0 Å². The van der Waals surface area contributed by atoms with Gasteiger partial charge in [-0.15, -0.1) is 0 Å². The molecule has 2 heterocycles. The van der Waals surface area contributed by atoms with E-state index < -0.39 is 0 Å². The van der Waals surface area contributed by atoms with Gasteiger partial charge in [-0.05, 0) is 29.7 Å². The van der Waals surface area contributed by atoms with Crippen LogP contribution < -0.4 is 5.32 Å². The van der Waals surface area contributed by atoms with Crippen LogP contribution in [0.4, 0.5) is 11.5 Å². The zero-order valence-corrected chi connectivity index (χ0v) is 15.8. The van der Waals surface area contributed by atoms with E-state index in [0.29, 0.717) is 40.3 Å². The van der Waals surface area contributed by atoms with Gasteiger partial charge in [0.05, 0.1) is 15.7 Å². The minimum Gasteiger partial charge on any atom is -0.338 e. The molecule has 1 aromatic heterocycles. The second kappa shape index (κ2) is 7.55. The number of carbonyl (C=O) groups excluding carboxylic acids is 1. The Morgan fingerprint density at radius 3 is 2.52 bits per heavy atom. The van der Waals surface area contributed by atoms with Gasteiger partial charge in [0.15, 0.2) is 0 Å². The molecule has 7 heteroatoms. The van der Waals surface area contributed by atoms with Crippen LogP contribution in [-0.4, -0.2) is 27.3 Å². The molecule has 1 amide bonds. The summed E-state index contributed by atoms with van der Waals surface area (Å²) in [7, 11) is 0. The highest BCUT2D eigenvalue weighted by Crippen LogP contribution is 2.32. The van der Waals surface area contributed by atoms with Gasteiger partial charge in [0, 0.05) is 19.2 Å². The molecular formula is C20H16Cl2N4O.